The predicted molar refractivity (Wildman–Crippen MR) is 217 cm³/mol. The molecule has 0 unspecified atom stereocenters. The van der Waals surface area contributed by atoms with Crippen LogP contribution in [0.2, 0.25) is 10.0 Å². The van der Waals surface area contributed by atoms with Crippen LogP contribution in [0.3, 0.4) is 0 Å². The second-order valence-electron chi connectivity index (χ2n) is 10.8. The number of ether oxygens (including phenoxy) is 1. The number of hydrogen-bond acceptors (Lipinski definition) is 7. The predicted octanol–water partition coefficient (Wildman–Crippen LogP) is 10.9. The summed E-state index contributed by atoms with van der Waals surface area (Å²) in [6, 6.07) is 26.0. The van der Waals surface area contributed by atoms with Crippen molar-refractivity contribution in [3.63, 3.8) is 0 Å². The number of halogens is 2. The van der Waals surface area contributed by atoms with Crippen molar-refractivity contribution >= 4 is 99.9 Å². The van der Waals surface area contributed by atoms with Crippen LogP contribution < -0.4 is 0 Å². The summed E-state index contributed by atoms with van der Waals surface area (Å²) in [4.78, 5) is 41.8. The van der Waals surface area contributed by atoms with Gasteiger partial charge in [-0.1, -0.05) is 11.6 Å². The van der Waals surface area contributed by atoms with Gasteiger partial charge in [-0.3, -0.25) is 0 Å². The maximum atomic E-state index is 11.8. The van der Waals surface area contributed by atoms with E-state index >= 15 is 0 Å². The summed E-state index contributed by atoms with van der Waals surface area (Å²) in [6.45, 7) is 22.2. The SMILES string of the molecule is Sc1ccc(Cl)cc1.[C-]#[N+]c1cc(-c2nc(C)c(C(=O)O)[se]2)ccc1Sc1ccc(Cl)cc1.[C-]#[N+]c1cc(-c2nc(C)c(C(=O)OCC)[se]2)ccc1C. The van der Waals surface area contributed by atoms with Gasteiger partial charge in [-0.2, -0.15) is 0 Å². The van der Waals surface area contributed by atoms with Crippen LogP contribution in [0, 0.1) is 33.9 Å². The minimum absolute atomic E-state index is 0.162. The number of aryl methyl sites for hydroxylation is 3. The normalized spacial score (nSPS) is 10.1. The van der Waals surface area contributed by atoms with E-state index in [0.29, 0.717) is 37.6 Å². The van der Waals surface area contributed by atoms with Gasteiger partial charge in [0.05, 0.1) is 0 Å². The van der Waals surface area contributed by atoms with Crippen LogP contribution in [0.15, 0.2) is 99.6 Å². The van der Waals surface area contributed by atoms with E-state index in [1.807, 2.05) is 92.7 Å². The molecule has 2 aromatic heterocycles. The molecule has 0 fully saturated rings. The molecule has 0 saturated carbocycles. The van der Waals surface area contributed by atoms with Crippen molar-refractivity contribution < 1.29 is 19.4 Å². The molecule has 0 radical (unpaired) electrons. The average molecular weight is 912 g/mol. The Hall–Kier alpha value is -4.06. The monoisotopic (exact) mass is 912 g/mol. The maximum absolute atomic E-state index is 11.8. The standard InChI is InChI=1S/C18H11ClN2O2SSe.C15H14N2O2Se.C6H5ClS/c1-10-16(18(22)23)25-17(21-10)11-3-8-15(14(9-11)20-2)24-13-6-4-12(19)5-7-13;1-5-19-15(18)13-10(3)17-14(20-13)11-7-6-9(2)12(8-11)16-4;7-5-1-3-6(8)4-2-5/h3-9H,1H3,(H,22,23);6-8H,5H2,1-3H3;1-4,8H. The van der Waals surface area contributed by atoms with Crippen molar-refractivity contribution in [2.45, 2.75) is 42.4 Å². The number of nitrogens with zero attached hydrogens (tertiary/aromatic N) is 4. The molecule has 268 valence electrons. The fourth-order valence-electron chi connectivity index (χ4n) is 4.38. The molecule has 8 nitrogen and oxygen atoms in total. The molecule has 6 aromatic rings. The molecule has 0 spiro atoms. The second-order valence-corrected chi connectivity index (χ2v) is 17.5. The molecule has 0 atom stereocenters. The Morgan fingerprint density at radius 1 is 0.792 bits per heavy atom. The minimum atomic E-state index is -0.920. The molecule has 2 heterocycles. The van der Waals surface area contributed by atoms with Gasteiger partial charge in [-0.25, -0.2) is 0 Å². The van der Waals surface area contributed by atoms with Crippen molar-refractivity contribution in [1.29, 1.82) is 0 Å². The Balaban J connectivity index is 0.000000199. The Labute approximate surface area is 339 Å². The van der Waals surface area contributed by atoms with Crippen molar-refractivity contribution in [2.24, 2.45) is 0 Å². The molecule has 0 amide bonds. The van der Waals surface area contributed by atoms with E-state index in [9.17, 15) is 14.7 Å². The Morgan fingerprint density at radius 3 is 1.81 bits per heavy atom. The van der Waals surface area contributed by atoms with Crippen LogP contribution >= 0.6 is 47.6 Å². The van der Waals surface area contributed by atoms with Gasteiger partial charge in [0.1, 0.15) is 0 Å². The zero-order valence-corrected chi connectivity index (χ0v) is 35.3. The van der Waals surface area contributed by atoms with Crippen LogP contribution in [-0.2, 0) is 4.74 Å². The van der Waals surface area contributed by atoms with E-state index in [4.69, 9.17) is 41.1 Å². The van der Waals surface area contributed by atoms with Gasteiger partial charge in [0.2, 0.25) is 0 Å². The van der Waals surface area contributed by atoms with Gasteiger partial charge in [0.25, 0.3) is 0 Å². The van der Waals surface area contributed by atoms with Gasteiger partial charge in [-0.15, -0.1) is 12.6 Å². The van der Waals surface area contributed by atoms with Gasteiger partial charge in [0.15, 0.2) is 0 Å². The van der Waals surface area contributed by atoms with Gasteiger partial charge in [0, 0.05) is 9.92 Å². The summed E-state index contributed by atoms with van der Waals surface area (Å²) in [5.41, 5.74) is 5.10. The number of carbonyl (C=O) groups excluding carboxylic acids is 1. The number of benzene rings is 4. The van der Waals surface area contributed by atoms with Crippen LogP contribution in [0.25, 0.3) is 30.0 Å². The topological polar surface area (TPSA) is 98.1 Å². The van der Waals surface area contributed by atoms with Crippen LogP contribution in [0.4, 0.5) is 11.4 Å². The quantitative estimate of drug-likeness (QED) is 0.0712. The molecule has 0 aliphatic rings. The summed E-state index contributed by atoms with van der Waals surface area (Å²) in [7, 11) is 0. The van der Waals surface area contributed by atoms with Crippen molar-refractivity contribution in [3.05, 3.63) is 144 Å². The molecule has 53 heavy (non-hydrogen) atoms. The first kappa shape index (κ1) is 41.7. The number of carboxylic acids is 1. The molecule has 4 aromatic carbocycles. The number of rotatable bonds is 7. The van der Waals surface area contributed by atoms with E-state index < -0.39 is 5.97 Å². The van der Waals surface area contributed by atoms with Crippen molar-refractivity contribution in [1.82, 2.24) is 9.97 Å². The van der Waals surface area contributed by atoms with E-state index in [1.54, 1.807) is 19.9 Å². The molecule has 0 saturated heterocycles. The number of aromatic nitrogens is 2. The van der Waals surface area contributed by atoms with E-state index in [-0.39, 0.29) is 35.0 Å². The Bertz CT molecular complexity index is 2310. The third-order valence-corrected chi connectivity index (χ3v) is 13.9. The molecular formula is C39H30Cl2N4O4S2Se2. The second kappa shape index (κ2) is 19.9. The molecule has 0 aliphatic carbocycles. The first-order chi connectivity index (χ1) is 25.3. The summed E-state index contributed by atoms with van der Waals surface area (Å²) in [5.74, 6) is -1.20. The van der Waals surface area contributed by atoms with Crippen molar-refractivity contribution in [3.8, 4) is 20.3 Å². The number of aromatic carboxylic acids is 1. The van der Waals surface area contributed by atoms with Gasteiger partial charge in [-0.05, 0) is 24.3 Å². The third-order valence-electron chi connectivity index (χ3n) is 7.02. The zero-order valence-electron chi connectivity index (χ0n) is 28.7. The van der Waals surface area contributed by atoms with Gasteiger partial charge < -0.3 is 0 Å². The third kappa shape index (κ3) is 11.7. The average Bonchev–Trinajstić information content (AvgIpc) is 3.74. The number of thiol groups is 1. The zero-order chi connectivity index (χ0) is 38.7. The fraction of sp³-hybridized carbons (Fsp3) is 0.128. The Morgan fingerprint density at radius 2 is 1.30 bits per heavy atom. The molecule has 0 bridgehead atoms. The summed E-state index contributed by atoms with van der Waals surface area (Å²) >= 11 is 16.5. The first-order valence-corrected chi connectivity index (χ1v) is 21.0. The molecule has 0 aliphatic heterocycles. The molecule has 6 rings (SSSR count). The van der Waals surface area contributed by atoms with Crippen molar-refractivity contribution in [2.75, 3.05) is 6.61 Å². The molecule has 1 N–H and O–H groups in total. The number of carbonyl (C=O) groups is 2. The summed E-state index contributed by atoms with van der Waals surface area (Å²) in [6.07, 6.45) is 0. The number of hydrogen-bond donors (Lipinski definition) is 2. The van der Waals surface area contributed by atoms with Gasteiger partial charge >= 0.3 is 284 Å². The fourth-order valence-corrected chi connectivity index (χ4v) is 9.55. The van der Waals surface area contributed by atoms with E-state index in [2.05, 4.69) is 32.3 Å². The molecule has 14 heteroatoms. The summed E-state index contributed by atoms with van der Waals surface area (Å²) in [5, 5.41) is 10.6. The Kier molecular flexibility index (Phi) is 15.6. The van der Waals surface area contributed by atoms with E-state index in [0.717, 1.165) is 51.2 Å². The van der Waals surface area contributed by atoms with Crippen LogP contribution in [0.5, 0.6) is 0 Å². The van der Waals surface area contributed by atoms with Crippen LogP contribution in [-0.4, -0.2) is 62.6 Å². The summed E-state index contributed by atoms with van der Waals surface area (Å²) < 4.78 is 7.70. The number of carboxylic acid groups (broad SMARTS) is 1. The molecular weight excluding hydrogens is 881 g/mol. The van der Waals surface area contributed by atoms with E-state index in [1.165, 1.54) is 11.8 Å². The first-order valence-electron chi connectivity index (χ1n) is 15.6. The number of esters is 1. The van der Waals surface area contributed by atoms with Crippen LogP contribution in [0.1, 0.15) is 42.3 Å².